The number of amides is 1. The Balaban J connectivity index is 2.26. The molecule has 6 heteroatoms. The van der Waals surface area contributed by atoms with Crippen molar-refractivity contribution in [2.75, 3.05) is 6.54 Å². The van der Waals surface area contributed by atoms with Crippen molar-refractivity contribution in [1.82, 2.24) is 9.88 Å². The molecule has 17 heavy (non-hydrogen) atoms. The standard InChI is InChI=1S/C11H12N2O4/c14-8-4-1-5-12-9(8)10(15)13-6-2-3-7(13)11(16)17/h1,4-5,7,14H,2-3,6H2,(H,16,17). The maximum Gasteiger partial charge on any atom is 0.326 e. The van der Waals surface area contributed by atoms with Gasteiger partial charge in [0.25, 0.3) is 5.91 Å². The molecule has 1 fully saturated rings. The van der Waals surface area contributed by atoms with Crippen molar-refractivity contribution >= 4 is 11.9 Å². The van der Waals surface area contributed by atoms with Gasteiger partial charge >= 0.3 is 5.97 Å². The number of rotatable bonds is 2. The predicted octanol–water partition coefficient (Wildman–Crippen LogP) is 0.476. The third-order valence-electron chi connectivity index (χ3n) is 2.79. The zero-order chi connectivity index (χ0) is 12.4. The molecule has 1 aliphatic rings. The summed E-state index contributed by atoms with van der Waals surface area (Å²) in [7, 11) is 0. The van der Waals surface area contributed by atoms with E-state index in [0.717, 1.165) is 0 Å². The Hall–Kier alpha value is -2.11. The number of pyridine rings is 1. The van der Waals surface area contributed by atoms with E-state index < -0.39 is 17.9 Å². The summed E-state index contributed by atoms with van der Waals surface area (Å²) in [6.45, 7) is 0.381. The fourth-order valence-corrected chi connectivity index (χ4v) is 1.96. The molecular formula is C11H12N2O4. The van der Waals surface area contributed by atoms with Gasteiger partial charge in [-0.2, -0.15) is 0 Å². The van der Waals surface area contributed by atoms with Gasteiger partial charge in [-0.1, -0.05) is 0 Å². The molecule has 0 aliphatic carbocycles. The van der Waals surface area contributed by atoms with Gasteiger partial charge in [0.2, 0.25) is 0 Å². The van der Waals surface area contributed by atoms with E-state index in [-0.39, 0.29) is 11.4 Å². The molecule has 1 amide bonds. The van der Waals surface area contributed by atoms with E-state index in [1.807, 2.05) is 0 Å². The van der Waals surface area contributed by atoms with Crippen LogP contribution >= 0.6 is 0 Å². The van der Waals surface area contributed by atoms with Gasteiger partial charge in [-0.25, -0.2) is 9.78 Å². The summed E-state index contributed by atoms with van der Waals surface area (Å²) in [4.78, 5) is 28.0. The number of aromatic hydroxyl groups is 1. The highest BCUT2D eigenvalue weighted by Gasteiger charge is 2.35. The maximum absolute atomic E-state index is 12.0. The molecule has 1 aromatic rings. The Morgan fingerprint density at radius 2 is 2.24 bits per heavy atom. The van der Waals surface area contributed by atoms with Crippen LogP contribution in [-0.4, -0.2) is 44.6 Å². The van der Waals surface area contributed by atoms with Gasteiger partial charge in [-0.15, -0.1) is 0 Å². The lowest BCUT2D eigenvalue weighted by Crippen LogP contribution is -2.40. The second-order valence-electron chi connectivity index (χ2n) is 3.87. The lowest BCUT2D eigenvalue weighted by atomic mass is 10.2. The lowest BCUT2D eigenvalue weighted by molar-refractivity contribution is -0.141. The van der Waals surface area contributed by atoms with E-state index in [0.29, 0.717) is 19.4 Å². The second-order valence-corrected chi connectivity index (χ2v) is 3.87. The zero-order valence-electron chi connectivity index (χ0n) is 9.04. The number of carbonyl (C=O) groups excluding carboxylic acids is 1. The first-order chi connectivity index (χ1) is 8.11. The third-order valence-corrected chi connectivity index (χ3v) is 2.79. The average molecular weight is 236 g/mol. The van der Waals surface area contributed by atoms with Crippen LogP contribution in [0.15, 0.2) is 18.3 Å². The molecule has 0 spiro atoms. The number of carbonyl (C=O) groups is 2. The fourth-order valence-electron chi connectivity index (χ4n) is 1.96. The van der Waals surface area contributed by atoms with Gasteiger partial charge < -0.3 is 15.1 Å². The first kappa shape index (κ1) is 11.4. The highest BCUT2D eigenvalue weighted by molar-refractivity contribution is 5.97. The minimum absolute atomic E-state index is 0.0966. The first-order valence-electron chi connectivity index (χ1n) is 5.29. The van der Waals surface area contributed by atoms with Gasteiger partial charge in [-0.3, -0.25) is 4.79 Å². The van der Waals surface area contributed by atoms with Crippen LogP contribution in [0.3, 0.4) is 0 Å². The number of hydrogen-bond donors (Lipinski definition) is 2. The molecule has 1 unspecified atom stereocenters. The number of aromatic nitrogens is 1. The molecule has 1 saturated heterocycles. The van der Waals surface area contributed by atoms with Crippen molar-refractivity contribution in [3.8, 4) is 5.75 Å². The molecule has 1 aliphatic heterocycles. The minimum atomic E-state index is -1.02. The molecule has 0 bridgehead atoms. The van der Waals surface area contributed by atoms with Crippen LogP contribution in [0, 0.1) is 0 Å². The first-order valence-corrected chi connectivity index (χ1v) is 5.29. The molecule has 1 atom stereocenters. The number of hydrogen-bond acceptors (Lipinski definition) is 4. The van der Waals surface area contributed by atoms with Crippen LogP contribution in [0.1, 0.15) is 23.3 Å². The summed E-state index contributed by atoms with van der Waals surface area (Å²) in [6.07, 6.45) is 2.48. The molecule has 2 rings (SSSR count). The van der Waals surface area contributed by atoms with Crippen LogP contribution in [0.25, 0.3) is 0 Å². The monoisotopic (exact) mass is 236 g/mol. The minimum Gasteiger partial charge on any atom is -0.505 e. The third kappa shape index (κ3) is 2.06. The highest BCUT2D eigenvalue weighted by Crippen LogP contribution is 2.22. The molecular weight excluding hydrogens is 224 g/mol. The van der Waals surface area contributed by atoms with E-state index >= 15 is 0 Å². The van der Waals surface area contributed by atoms with Crippen LogP contribution in [-0.2, 0) is 4.79 Å². The van der Waals surface area contributed by atoms with Crippen LogP contribution < -0.4 is 0 Å². The van der Waals surface area contributed by atoms with Crippen LogP contribution in [0.5, 0.6) is 5.75 Å². The van der Waals surface area contributed by atoms with Gasteiger partial charge in [0.15, 0.2) is 5.69 Å². The molecule has 2 heterocycles. The Bertz CT molecular complexity index is 461. The summed E-state index contributed by atoms with van der Waals surface area (Å²) in [6, 6.07) is 2.04. The quantitative estimate of drug-likeness (QED) is 0.779. The zero-order valence-corrected chi connectivity index (χ0v) is 9.04. The van der Waals surface area contributed by atoms with Crippen molar-refractivity contribution in [1.29, 1.82) is 0 Å². The van der Waals surface area contributed by atoms with Crippen molar-refractivity contribution in [2.24, 2.45) is 0 Å². The molecule has 2 N–H and O–H groups in total. The summed E-state index contributed by atoms with van der Waals surface area (Å²) >= 11 is 0. The predicted molar refractivity (Wildman–Crippen MR) is 57.6 cm³/mol. The largest absolute Gasteiger partial charge is 0.505 e. The summed E-state index contributed by atoms with van der Waals surface area (Å²) in [5.41, 5.74) is -0.0966. The average Bonchev–Trinajstić information content (AvgIpc) is 2.77. The number of carboxylic acids is 1. The van der Waals surface area contributed by atoms with E-state index in [4.69, 9.17) is 5.11 Å². The molecule has 0 radical (unpaired) electrons. The van der Waals surface area contributed by atoms with Crippen molar-refractivity contribution in [2.45, 2.75) is 18.9 Å². The SMILES string of the molecule is O=C(O)C1CCCN1C(=O)c1ncccc1O. The van der Waals surface area contributed by atoms with E-state index in [1.54, 1.807) is 0 Å². The van der Waals surface area contributed by atoms with Crippen molar-refractivity contribution in [3.63, 3.8) is 0 Å². The number of aliphatic carboxylic acids is 1. The summed E-state index contributed by atoms with van der Waals surface area (Å²) in [5.74, 6) is -1.78. The van der Waals surface area contributed by atoms with Gasteiger partial charge in [0.05, 0.1) is 0 Å². The van der Waals surface area contributed by atoms with Gasteiger partial charge in [-0.05, 0) is 25.0 Å². The van der Waals surface area contributed by atoms with Gasteiger partial charge in [0, 0.05) is 12.7 Å². The molecule has 90 valence electrons. The van der Waals surface area contributed by atoms with E-state index in [1.165, 1.54) is 23.2 Å². The molecule has 0 saturated carbocycles. The highest BCUT2D eigenvalue weighted by atomic mass is 16.4. The number of nitrogens with zero attached hydrogens (tertiary/aromatic N) is 2. The fraction of sp³-hybridized carbons (Fsp3) is 0.364. The smallest absolute Gasteiger partial charge is 0.326 e. The maximum atomic E-state index is 12.0. The number of likely N-dealkylation sites (tertiary alicyclic amines) is 1. The normalized spacial score (nSPS) is 19.3. The van der Waals surface area contributed by atoms with E-state index in [9.17, 15) is 14.7 Å². The molecule has 0 aromatic carbocycles. The molecule has 6 nitrogen and oxygen atoms in total. The lowest BCUT2D eigenvalue weighted by Gasteiger charge is -2.21. The van der Waals surface area contributed by atoms with Gasteiger partial charge in [0.1, 0.15) is 11.8 Å². The van der Waals surface area contributed by atoms with Crippen LogP contribution in [0.4, 0.5) is 0 Å². The van der Waals surface area contributed by atoms with Crippen molar-refractivity contribution in [3.05, 3.63) is 24.0 Å². The summed E-state index contributed by atoms with van der Waals surface area (Å²) in [5, 5.41) is 18.5. The second kappa shape index (κ2) is 4.40. The Kier molecular flexibility index (Phi) is 2.95. The number of carboxylic acid groups (broad SMARTS) is 1. The summed E-state index contributed by atoms with van der Waals surface area (Å²) < 4.78 is 0. The Morgan fingerprint density at radius 3 is 2.88 bits per heavy atom. The van der Waals surface area contributed by atoms with E-state index in [2.05, 4.69) is 4.98 Å². The Labute approximate surface area is 97.5 Å². The topological polar surface area (TPSA) is 90.7 Å². The Morgan fingerprint density at radius 1 is 1.47 bits per heavy atom. The molecule has 1 aromatic heterocycles. The van der Waals surface area contributed by atoms with Crippen molar-refractivity contribution < 1.29 is 19.8 Å². The van der Waals surface area contributed by atoms with Crippen LogP contribution in [0.2, 0.25) is 0 Å².